The SMILES string of the molecule is C/C(=N/O)c1cccc(-c2cccc(C(F)(F)F)c2)n1. The van der Waals surface area contributed by atoms with Crippen LogP contribution in [0, 0.1) is 0 Å². The third-order valence-corrected chi connectivity index (χ3v) is 2.76. The zero-order valence-electron chi connectivity index (χ0n) is 10.5. The minimum atomic E-state index is -4.39. The van der Waals surface area contributed by atoms with E-state index in [2.05, 4.69) is 10.1 Å². The number of benzene rings is 1. The molecule has 0 saturated heterocycles. The number of rotatable bonds is 2. The van der Waals surface area contributed by atoms with Crippen molar-refractivity contribution >= 4 is 5.71 Å². The van der Waals surface area contributed by atoms with E-state index in [0.717, 1.165) is 12.1 Å². The smallest absolute Gasteiger partial charge is 0.411 e. The number of aromatic nitrogens is 1. The summed E-state index contributed by atoms with van der Waals surface area (Å²) in [5, 5.41) is 11.7. The van der Waals surface area contributed by atoms with E-state index in [4.69, 9.17) is 5.21 Å². The molecule has 0 atom stereocenters. The minimum absolute atomic E-state index is 0.291. The van der Waals surface area contributed by atoms with E-state index in [1.807, 2.05) is 0 Å². The van der Waals surface area contributed by atoms with Gasteiger partial charge in [-0.2, -0.15) is 13.2 Å². The molecule has 2 rings (SSSR count). The molecule has 0 unspecified atom stereocenters. The molecule has 1 aromatic carbocycles. The molecule has 0 aliphatic rings. The van der Waals surface area contributed by atoms with Gasteiger partial charge in [-0.15, -0.1) is 0 Å². The predicted octanol–water partition coefficient (Wildman–Crippen LogP) is 3.97. The number of nitrogens with zero attached hydrogens (tertiary/aromatic N) is 2. The van der Waals surface area contributed by atoms with Crippen molar-refractivity contribution in [1.29, 1.82) is 0 Å². The van der Waals surface area contributed by atoms with Gasteiger partial charge in [0.1, 0.15) is 5.71 Å². The van der Waals surface area contributed by atoms with Crippen LogP contribution >= 0.6 is 0 Å². The van der Waals surface area contributed by atoms with Crippen LogP contribution in [0.4, 0.5) is 13.2 Å². The van der Waals surface area contributed by atoms with Crippen molar-refractivity contribution in [3.8, 4) is 11.3 Å². The van der Waals surface area contributed by atoms with Gasteiger partial charge in [-0.1, -0.05) is 23.4 Å². The zero-order valence-corrected chi connectivity index (χ0v) is 10.5. The van der Waals surface area contributed by atoms with Gasteiger partial charge in [0.05, 0.1) is 17.0 Å². The third-order valence-electron chi connectivity index (χ3n) is 2.76. The Morgan fingerprint density at radius 1 is 1.15 bits per heavy atom. The largest absolute Gasteiger partial charge is 0.416 e. The number of halogens is 3. The number of pyridine rings is 1. The molecule has 0 fully saturated rings. The second-order valence-electron chi connectivity index (χ2n) is 4.17. The summed E-state index contributed by atoms with van der Waals surface area (Å²) in [4.78, 5) is 4.18. The second-order valence-corrected chi connectivity index (χ2v) is 4.17. The number of hydrogen-bond acceptors (Lipinski definition) is 3. The van der Waals surface area contributed by atoms with Crippen LogP contribution in [0.15, 0.2) is 47.6 Å². The average molecular weight is 280 g/mol. The van der Waals surface area contributed by atoms with E-state index >= 15 is 0 Å². The highest BCUT2D eigenvalue weighted by molar-refractivity contribution is 5.96. The fraction of sp³-hybridized carbons (Fsp3) is 0.143. The second kappa shape index (κ2) is 5.32. The van der Waals surface area contributed by atoms with Crippen molar-refractivity contribution in [2.45, 2.75) is 13.1 Å². The Morgan fingerprint density at radius 3 is 2.50 bits per heavy atom. The van der Waals surface area contributed by atoms with Crippen molar-refractivity contribution in [3.05, 3.63) is 53.7 Å². The molecule has 0 amide bonds. The van der Waals surface area contributed by atoms with Crippen LogP contribution in [0.1, 0.15) is 18.2 Å². The molecular formula is C14H11F3N2O. The maximum atomic E-state index is 12.7. The van der Waals surface area contributed by atoms with E-state index in [9.17, 15) is 13.2 Å². The van der Waals surface area contributed by atoms with E-state index in [1.54, 1.807) is 31.2 Å². The Bertz CT molecular complexity index is 651. The average Bonchev–Trinajstić information content (AvgIpc) is 2.46. The maximum Gasteiger partial charge on any atom is 0.416 e. The zero-order chi connectivity index (χ0) is 14.8. The van der Waals surface area contributed by atoms with Crippen LogP contribution in [-0.2, 0) is 6.18 Å². The standard InChI is InChI=1S/C14H11F3N2O/c1-9(19-20)12-6-3-7-13(18-12)10-4-2-5-11(8-10)14(15,16)17/h2-8,20H,1H3/b19-9-. The summed E-state index contributed by atoms with van der Waals surface area (Å²) in [5.41, 5.74) is 0.708. The normalized spacial score (nSPS) is 12.5. The molecule has 104 valence electrons. The molecule has 1 N–H and O–H groups in total. The first-order valence-electron chi connectivity index (χ1n) is 5.75. The first-order chi connectivity index (χ1) is 9.41. The fourth-order valence-corrected chi connectivity index (χ4v) is 1.70. The molecule has 0 saturated carbocycles. The lowest BCUT2D eigenvalue weighted by Gasteiger charge is -2.09. The number of alkyl halides is 3. The number of oxime groups is 1. The Labute approximate surface area is 113 Å². The van der Waals surface area contributed by atoms with E-state index in [1.165, 1.54) is 6.07 Å². The first kappa shape index (κ1) is 14.0. The van der Waals surface area contributed by atoms with Gasteiger partial charge in [0.2, 0.25) is 0 Å². The van der Waals surface area contributed by atoms with Crippen LogP contribution in [0.2, 0.25) is 0 Å². The minimum Gasteiger partial charge on any atom is -0.411 e. The van der Waals surface area contributed by atoms with E-state index < -0.39 is 11.7 Å². The highest BCUT2D eigenvalue weighted by Gasteiger charge is 2.30. The predicted molar refractivity (Wildman–Crippen MR) is 68.7 cm³/mol. The van der Waals surface area contributed by atoms with Crippen LogP contribution in [0.5, 0.6) is 0 Å². The lowest BCUT2D eigenvalue weighted by atomic mass is 10.1. The Hall–Kier alpha value is -2.37. The monoisotopic (exact) mass is 280 g/mol. The molecule has 0 aliphatic carbocycles. The van der Waals surface area contributed by atoms with Crippen molar-refractivity contribution in [2.75, 3.05) is 0 Å². The molecule has 0 spiro atoms. The molecule has 3 nitrogen and oxygen atoms in total. The quantitative estimate of drug-likeness (QED) is 0.514. The topological polar surface area (TPSA) is 45.5 Å². The third kappa shape index (κ3) is 2.96. The maximum absolute atomic E-state index is 12.7. The molecular weight excluding hydrogens is 269 g/mol. The Kier molecular flexibility index (Phi) is 3.74. The van der Waals surface area contributed by atoms with Crippen molar-refractivity contribution in [1.82, 2.24) is 4.98 Å². The van der Waals surface area contributed by atoms with Crippen LogP contribution in [0.25, 0.3) is 11.3 Å². The van der Waals surface area contributed by atoms with Crippen LogP contribution < -0.4 is 0 Å². The molecule has 0 radical (unpaired) electrons. The number of hydrogen-bond donors (Lipinski definition) is 1. The molecule has 6 heteroatoms. The highest BCUT2D eigenvalue weighted by Crippen LogP contribution is 2.31. The Morgan fingerprint density at radius 2 is 1.85 bits per heavy atom. The molecule has 0 aliphatic heterocycles. The highest BCUT2D eigenvalue weighted by atomic mass is 19.4. The molecule has 2 aromatic rings. The van der Waals surface area contributed by atoms with Gasteiger partial charge in [0.15, 0.2) is 0 Å². The summed E-state index contributed by atoms with van der Waals surface area (Å²) >= 11 is 0. The van der Waals surface area contributed by atoms with Gasteiger partial charge in [-0.05, 0) is 31.2 Å². The van der Waals surface area contributed by atoms with Crippen molar-refractivity contribution in [3.63, 3.8) is 0 Å². The summed E-state index contributed by atoms with van der Waals surface area (Å²) in [7, 11) is 0. The van der Waals surface area contributed by atoms with Crippen molar-refractivity contribution < 1.29 is 18.4 Å². The lowest BCUT2D eigenvalue weighted by molar-refractivity contribution is -0.137. The summed E-state index contributed by atoms with van der Waals surface area (Å²) in [6.45, 7) is 1.55. The van der Waals surface area contributed by atoms with E-state index in [-0.39, 0.29) is 0 Å². The fourth-order valence-electron chi connectivity index (χ4n) is 1.70. The molecule has 0 bridgehead atoms. The van der Waals surface area contributed by atoms with Crippen molar-refractivity contribution in [2.24, 2.45) is 5.16 Å². The molecule has 1 heterocycles. The first-order valence-corrected chi connectivity index (χ1v) is 5.75. The van der Waals surface area contributed by atoms with Crippen LogP contribution in [-0.4, -0.2) is 15.9 Å². The lowest BCUT2D eigenvalue weighted by Crippen LogP contribution is -2.05. The van der Waals surface area contributed by atoms with Gasteiger partial charge in [0, 0.05) is 5.56 Å². The Balaban J connectivity index is 2.47. The molecule has 1 aromatic heterocycles. The van der Waals surface area contributed by atoms with Gasteiger partial charge < -0.3 is 5.21 Å². The molecule has 20 heavy (non-hydrogen) atoms. The van der Waals surface area contributed by atoms with E-state index in [0.29, 0.717) is 22.7 Å². The summed E-state index contributed by atoms with van der Waals surface area (Å²) < 4.78 is 38.0. The summed E-state index contributed by atoms with van der Waals surface area (Å²) in [6.07, 6.45) is -4.39. The van der Waals surface area contributed by atoms with Gasteiger partial charge in [-0.3, -0.25) is 0 Å². The summed E-state index contributed by atoms with van der Waals surface area (Å²) in [5.74, 6) is 0. The van der Waals surface area contributed by atoms with Gasteiger partial charge in [-0.25, -0.2) is 4.98 Å². The summed E-state index contributed by atoms with van der Waals surface area (Å²) in [6, 6.07) is 9.79. The van der Waals surface area contributed by atoms with Gasteiger partial charge in [0.25, 0.3) is 0 Å². The van der Waals surface area contributed by atoms with Gasteiger partial charge >= 0.3 is 6.18 Å². The van der Waals surface area contributed by atoms with Crippen LogP contribution in [0.3, 0.4) is 0 Å².